The lowest BCUT2D eigenvalue weighted by Gasteiger charge is -2.06. The van der Waals surface area contributed by atoms with E-state index < -0.39 is 0 Å². The summed E-state index contributed by atoms with van der Waals surface area (Å²) in [6, 6.07) is 20.4. The van der Waals surface area contributed by atoms with Gasteiger partial charge in [-0.25, -0.2) is 9.38 Å². The average molecular weight is 380 g/mol. The molecule has 0 aliphatic rings. The molecular formula is C21H21FN4S. The van der Waals surface area contributed by atoms with Crippen LogP contribution in [-0.4, -0.2) is 17.5 Å². The largest absolute Gasteiger partial charge is 0.370 e. The number of nitrogens with zero attached hydrogens (tertiary/aromatic N) is 2. The number of hydrogen-bond donors (Lipinski definition) is 2. The van der Waals surface area contributed by atoms with Crippen LogP contribution < -0.4 is 11.1 Å². The fraction of sp³-hybridized carbons (Fsp3) is 0.143. The van der Waals surface area contributed by atoms with Crippen molar-refractivity contribution in [2.45, 2.75) is 22.8 Å². The maximum absolute atomic E-state index is 13.0. The van der Waals surface area contributed by atoms with Crippen LogP contribution in [-0.2, 0) is 13.0 Å². The van der Waals surface area contributed by atoms with Crippen molar-refractivity contribution in [3.8, 4) is 0 Å². The van der Waals surface area contributed by atoms with Crippen LogP contribution in [0, 0.1) is 5.82 Å². The van der Waals surface area contributed by atoms with E-state index in [1.54, 1.807) is 30.1 Å². The third-order valence-corrected chi connectivity index (χ3v) is 4.83. The zero-order valence-corrected chi connectivity index (χ0v) is 15.6. The molecule has 3 N–H and O–H groups in total. The smallest absolute Gasteiger partial charge is 0.188 e. The molecule has 138 valence electrons. The summed E-state index contributed by atoms with van der Waals surface area (Å²) in [6.45, 7) is 1.21. The van der Waals surface area contributed by atoms with Crippen molar-refractivity contribution in [3.05, 3.63) is 90.0 Å². The molecule has 0 saturated heterocycles. The number of hydrogen-bond acceptors (Lipinski definition) is 3. The van der Waals surface area contributed by atoms with Crippen molar-refractivity contribution in [2.24, 2.45) is 10.7 Å². The average Bonchev–Trinajstić information content (AvgIpc) is 2.70. The van der Waals surface area contributed by atoms with Crippen molar-refractivity contribution in [2.75, 3.05) is 6.54 Å². The Morgan fingerprint density at radius 1 is 1.00 bits per heavy atom. The maximum Gasteiger partial charge on any atom is 0.188 e. The van der Waals surface area contributed by atoms with E-state index in [0.717, 1.165) is 27.5 Å². The topological polar surface area (TPSA) is 63.3 Å². The Hall–Kier alpha value is -2.86. The summed E-state index contributed by atoms with van der Waals surface area (Å²) in [7, 11) is 0. The zero-order valence-electron chi connectivity index (χ0n) is 14.8. The van der Waals surface area contributed by atoms with Crippen LogP contribution >= 0.6 is 11.8 Å². The zero-order chi connectivity index (χ0) is 18.9. The molecular weight excluding hydrogens is 359 g/mol. The van der Waals surface area contributed by atoms with Gasteiger partial charge in [0.1, 0.15) is 5.82 Å². The van der Waals surface area contributed by atoms with Gasteiger partial charge in [-0.05, 0) is 54.1 Å². The molecule has 0 atom stereocenters. The molecule has 0 radical (unpaired) electrons. The summed E-state index contributed by atoms with van der Waals surface area (Å²) in [5.74, 6) is 0.203. The maximum atomic E-state index is 13.0. The van der Waals surface area contributed by atoms with Gasteiger partial charge in [-0.1, -0.05) is 30.0 Å². The van der Waals surface area contributed by atoms with Crippen LogP contribution in [0.15, 0.2) is 87.7 Å². The summed E-state index contributed by atoms with van der Waals surface area (Å²) in [4.78, 5) is 10.7. The highest BCUT2D eigenvalue weighted by Crippen LogP contribution is 2.27. The van der Waals surface area contributed by atoms with Crippen molar-refractivity contribution in [1.82, 2.24) is 10.3 Å². The first-order chi connectivity index (χ1) is 13.2. The van der Waals surface area contributed by atoms with E-state index in [-0.39, 0.29) is 5.82 Å². The van der Waals surface area contributed by atoms with Gasteiger partial charge in [0.25, 0.3) is 0 Å². The van der Waals surface area contributed by atoms with Crippen LogP contribution in [0.5, 0.6) is 0 Å². The summed E-state index contributed by atoms with van der Waals surface area (Å²) >= 11 is 1.59. The molecule has 0 saturated carbocycles. The van der Waals surface area contributed by atoms with Gasteiger partial charge in [0.15, 0.2) is 5.96 Å². The molecule has 0 spiro atoms. The molecule has 0 fully saturated rings. The number of aliphatic imine (C=N–C) groups is 1. The summed E-state index contributed by atoms with van der Waals surface area (Å²) < 4.78 is 13.0. The van der Waals surface area contributed by atoms with Gasteiger partial charge in [0, 0.05) is 34.6 Å². The Bertz CT molecular complexity index is 865. The molecule has 2 aromatic carbocycles. The second kappa shape index (κ2) is 9.73. The lowest BCUT2D eigenvalue weighted by molar-refractivity contribution is 0.626. The number of rotatable bonds is 7. The minimum absolute atomic E-state index is 0.223. The van der Waals surface area contributed by atoms with Crippen LogP contribution in [0.3, 0.4) is 0 Å². The third-order valence-electron chi connectivity index (χ3n) is 3.82. The Morgan fingerprint density at radius 3 is 2.37 bits per heavy atom. The summed E-state index contributed by atoms with van der Waals surface area (Å²) in [5, 5.41) is 3.10. The highest BCUT2D eigenvalue weighted by Gasteiger charge is 2.00. The van der Waals surface area contributed by atoms with Crippen molar-refractivity contribution < 1.29 is 4.39 Å². The highest BCUT2D eigenvalue weighted by molar-refractivity contribution is 7.99. The van der Waals surface area contributed by atoms with E-state index in [4.69, 9.17) is 5.73 Å². The molecule has 27 heavy (non-hydrogen) atoms. The number of pyridine rings is 1. The molecule has 3 aromatic rings. The molecule has 0 aliphatic carbocycles. The Kier molecular flexibility index (Phi) is 6.82. The lowest BCUT2D eigenvalue weighted by atomic mass is 10.2. The van der Waals surface area contributed by atoms with E-state index in [0.29, 0.717) is 19.0 Å². The van der Waals surface area contributed by atoms with Gasteiger partial charge in [-0.2, -0.15) is 0 Å². The van der Waals surface area contributed by atoms with Crippen molar-refractivity contribution >= 4 is 17.7 Å². The SMILES string of the molecule is NC(=NCc1ccc(Sc2ccc(F)cc2)cc1)NCCc1ccccn1. The minimum Gasteiger partial charge on any atom is -0.370 e. The van der Waals surface area contributed by atoms with Crippen molar-refractivity contribution in [3.63, 3.8) is 0 Å². The Labute approximate surface area is 162 Å². The van der Waals surface area contributed by atoms with Crippen LogP contribution in [0.25, 0.3) is 0 Å². The van der Waals surface area contributed by atoms with Crippen molar-refractivity contribution in [1.29, 1.82) is 0 Å². The fourth-order valence-corrected chi connectivity index (χ4v) is 3.22. The van der Waals surface area contributed by atoms with E-state index in [1.807, 2.05) is 42.5 Å². The third kappa shape index (κ3) is 6.42. The molecule has 0 aliphatic heterocycles. The first-order valence-corrected chi connectivity index (χ1v) is 9.47. The monoisotopic (exact) mass is 380 g/mol. The molecule has 1 aromatic heterocycles. The highest BCUT2D eigenvalue weighted by atomic mass is 32.2. The predicted octanol–water partition coefficient (Wildman–Crippen LogP) is 4.02. The molecule has 4 nitrogen and oxygen atoms in total. The van der Waals surface area contributed by atoms with Gasteiger partial charge in [0.2, 0.25) is 0 Å². The molecule has 1 heterocycles. The number of nitrogens with one attached hydrogen (secondary N) is 1. The second-order valence-corrected chi connectivity index (χ2v) is 7.05. The van der Waals surface area contributed by atoms with Gasteiger partial charge in [0.05, 0.1) is 6.54 Å². The number of halogens is 1. The fourth-order valence-electron chi connectivity index (χ4n) is 2.40. The van der Waals surface area contributed by atoms with Crippen LogP contribution in [0.2, 0.25) is 0 Å². The first-order valence-electron chi connectivity index (χ1n) is 8.65. The van der Waals surface area contributed by atoms with E-state index >= 15 is 0 Å². The summed E-state index contributed by atoms with van der Waals surface area (Å²) in [5.41, 5.74) is 8.01. The van der Waals surface area contributed by atoms with E-state index in [9.17, 15) is 4.39 Å². The minimum atomic E-state index is -0.223. The number of aromatic nitrogens is 1. The van der Waals surface area contributed by atoms with Gasteiger partial charge in [-0.3, -0.25) is 4.98 Å². The standard InChI is InChI=1S/C21H21FN4S/c22-17-6-10-20(11-7-17)27-19-8-4-16(5-9-19)15-26-21(23)25-14-12-18-3-1-2-13-24-18/h1-11,13H,12,14-15H2,(H3,23,25,26). The van der Waals surface area contributed by atoms with Crippen LogP contribution in [0.1, 0.15) is 11.3 Å². The van der Waals surface area contributed by atoms with Gasteiger partial charge in [-0.15, -0.1) is 0 Å². The van der Waals surface area contributed by atoms with Gasteiger partial charge < -0.3 is 11.1 Å². The molecule has 3 rings (SSSR count). The lowest BCUT2D eigenvalue weighted by Crippen LogP contribution is -2.33. The van der Waals surface area contributed by atoms with Crippen LogP contribution in [0.4, 0.5) is 4.39 Å². The normalized spacial score (nSPS) is 11.4. The number of benzene rings is 2. The molecule has 6 heteroatoms. The van der Waals surface area contributed by atoms with Gasteiger partial charge >= 0.3 is 0 Å². The summed E-state index contributed by atoms with van der Waals surface area (Å²) in [6.07, 6.45) is 2.58. The Morgan fingerprint density at radius 2 is 1.70 bits per heavy atom. The Balaban J connectivity index is 1.45. The molecule has 0 bridgehead atoms. The molecule has 0 unspecified atom stereocenters. The van der Waals surface area contributed by atoms with E-state index in [2.05, 4.69) is 15.3 Å². The number of guanidine groups is 1. The van der Waals surface area contributed by atoms with E-state index in [1.165, 1.54) is 12.1 Å². The number of nitrogens with two attached hydrogens (primary N) is 1. The molecule has 0 amide bonds. The quantitative estimate of drug-likeness (QED) is 0.480. The first kappa shape index (κ1) is 18.9. The second-order valence-electron chi connectivity index (χ2n) is 5.90. The predicted molar refractivity (Wildman–Crippen MR) is 108 cm³/mol.